The predicted octanol–water partition coefficient (Wildman–Crippen LogP) is 5.74. The van der Waals surface area contributed by atoms with Crippen molar-refractivity contribution in [3.63, 3.8) is 0 Å². The van der Waals surface area contributed by atoms with Crippen LogP contribution in [0.1, 0.15) is 116 Å². The van der Waals surface area contributed by atoms with E-state index in [4.69, 9.17) is 10.1 Å². The molecule has 0 aliphatic rings. The number of carbonyl (C=O) groups excluding carboxylic acids is 1. The van der Waals surface area contributed by atoms with Crippen LogP contribution in [0.25, 0.3) is 0 Å². The van der Waals surface area contributed by atoms with Crippen molar-refractivity contribution in [2.24, 2.45) is 0 Å². The van der Waals surface area contributed by atoms with E-state index in [9.17, 15) is 9.90 Å². The van der Waals surface area contributed by atoms with E-state index in [1.165, 1.54) is 52.1 Å². The highest BCUT2D eigenvalue weighted by molar-refractivity contribution is 5.81. The van der Waals surface area contributed by atoms with E-state index in [1.807, 2.05) is 0 Å². The molecule has 5 nitrogen and oxygen atoms in total. The summed E-state index contributed by atoms with van der Waals surface area (Å²) in [4.78, 5) is 11.7. The molecule has 0 heterocycles. The quantitative estimate of drug-likeness (QED) is 0.131. The van der Waals surface area contributed by atoms with Crippen LogP contribution in [0.3, 0.4) is 0 Å². The molecule has 0 aliphatic carbocycles. The first-order chi connectivity index (χ1) is 13.6. The molecule has 0 fully saturated rings. The summed E-state index contributed by atoms with van der Waals surface area (Å²) in [7, 11) is 1.47. The number of carbonyl (C=O) groups is 1. The Morgan fingerprint density at radius 1 is 0.857 bits per heavy atom. The molecule has 166 valence electrons. The van der Waals surface area contributed by atoms with Crippen LogP contribution in [0.2, 0.25) is 0 Å². The van der Waals surface area contributed by atoms with Gasteiger partial charge in [-0.15, -0.1) is 0 Å². The Bertz CT molecular complexity index is 375. The lowest BCUT2D eigenvalue weighted by Gasteiger charge is -2.09. The molecule has 0 rings (SSSR count). The molecular weight excluding hydrogens is 352 g/mol. The molecule has 0 spiro atoms. The standard InChI is InChI=1S/C23H46N2O3/c1-3-4-5-6-7-9-12-16-21(24)17-13-10-8-11-14-18-22(26)25-20-15-19-23(27)28-2/h23-24,27H,3-20H2,1-2H3,(H,25,26). The molecule has 0 saturated heterocycles. The van der Waals surface area contributed by atoms with Crippen LogP contribution in [0.5, 0.6) is 0 Å². The number of amides is 1. The van der Waals surface area contributed by atoms with E-state index in [2.05, 4.69) is 12.2 Å². The molecule has 1 unspecified atom stereocenters. The number of hydrogen-bond acceptors (Lipinski definition) is 4. The molecule has 0 radical (unpaired) electrons. The number of ether oxygens (including phenoxy) is 1. The van der Waals surface area contributed by atoms with E-state index in [0.717, 1.165) is 57.1 Å². The van der Waals surface area contributed by atoms with Crippen molar-refractivity contribution in [3.8, 4) is 0 Å². The first kappa shape index (κ1) is 27.1. The number of unbranched alkanes of at least 4 members (excludes halogenated alkanes) is 10. The summed E-state index contributed by atoms with van der Waals surface area (Å²) in [5.41, 5.74) is 0.923. The molecule has 0 bridgehead atoms. The van der Waals surface area contributed by atoms with E-state index in [-0.39, 0.29) is 5.91 Å². The van der Waals surface area contributed by atoms with Crippen LogP contribution in [-0.4, -0.2) is 36.7 Å². The Kier molecular flexibility index (Phi) is 20.1. The minimum absolute atomic E-state index is 0.100. The number of methoxy groups -OCH3 is 1. The van der Waals surface area contributed by atoms with Crippen molar-refractivity contribution in [1.29, 1.82) is 5.41 Å². The lowest BCUT2D eigenvalue weighted by atomic mass is 10.0. The first-order valence-electron chi connectivity index (χ1n) is 11.6. The van der Waals surface area contributed by atoms with Crippen LogP contribution in [0.15, 0.2) is 0 Å². The molecule has 5 heteroatoms. The fourth-order valence-electron chi connectivity index (χ4n) is 3.29. The van der Waals surface area contributed by atoms with Gasteiger partial charge in [0.1, 0.15) is 0 Å². The van der Waals surface area contributed by atoms with E-state index in [1.54, 1.807) is 0 Å². The first-order valence-corrected chi connectivity index (χ1v) is 11.6. The van der Waals surface area contributed by atoms with Gasteiger partial charge in [-0.05, 0) is 44.9 Å². The summed E-state index contributed by atoms with van der Waals surface area (Å²) in [6.45, 7) is 2.85. The Hall–Kier alpha value is -0.940. The maximum atomic E-state index is 11.7. The van der Waals surface area contributed by atoms with Gasteiger partial charge in [0.15, 0.2) is 6.29 Å². The molecule has 1 amide bonds. The number of aliphatic hydroxyl groups is 1. The highest BCUT2D eigenvalue weighted by Crippen LogP contribution is 2.12. The summed E-state index contributed by atoms with van der Waals surface area (Å²) >= 11 is 0. The summed E-state index contributed by atoms with van der Waals surface area (Å²) in [6.07, 6.45) is 17.7. The van der Waals surface area contributed by atoms with Crippen LogP contribution in [0, 0.1) is 5.41 Å². The van der Waals surface area contributed by atoms with Gasteiger partial charge in [0.25, 0.3) is 0 Å². The maximum Gasteiger partial charge on any atom is 0.219 e. The zero-order chi connectivity index (χ0) is 20.9. The van der Waals surface area contributed by atoms with Gasteiger partial charge in [0.05, 0.1) is 0 Å². The smallest absolute Gasteiger partial charge is 0.219 e. The van der Waals surface area contributed by atoms with Gasteiger partial charge in [-0.25, -0.2) is 0 Å². The van der Waals surface area contributed by atoms with Crippen LogP contribution >= 0.6 is 0 Å². The lowest BCUT2D eigenvalue weighted by molar-refractivity contribution is -0.121. The fraction of sp³-hybridized carbons (Fsp3) is 0.913. The molecule has 0 aromatic rings. The Morgan fingerprint density at radius 3 is 1.89 bits per heavy atom. The topological polar surface area (TPSA) is 82.4 Å². The maximum absolute atomic E-state index is 11.7. The van der Waals surface area contributed by atoms with Gasteiger partial charge in [-0.2, -0.15) is 0 Å². The third-order valence-corrected chi connectivity index (χ3v) is 5.19. The second-order valence-electron chi connectivity index (χ2n) is 7.93. The Balaban J connectivity index is 3.31. The van der Waals surface area contributed by atoms with Crippen molar-refractivity contribution in [2.75, 3.05) is 13.7 Å². The minimum atomic E-state index is -0.728. The van der Waals surface area contributed by atoms with Crippen LogP contribution in [-0.2, 0) is 9.53 Å². The van der Waals surface area contributed by atoms with E-state index in [0.29, 0.717) is 19.4 Å². The van der Waals surface area contributed by atoms with Crippen molar-refractivity contribution in [2.45, 2.75) is 122 Å². The van der Waals surface area contributed by atoms with Crippen LogP contribution < -0.4 is 5.32 Å². The van der Waals surface area contributed by atoms with Crippen molar-refractivity contribution >= 4 is 11.6 Å². The Labute approximate surface area is 173 Å². The van der Waals surface area contributed by atoms with Gasteiger partial charge < -0.3 is 20.6 Å². The third kappa shape index (κ3) is 19.8. The second kappa shape index (κ2) is 20.8. The molecule has 0 aromatic heterocycles. The van der Waals surface area contributed by atoms with E-state index < -0.39 is 6.29 Å². The zero-order valence-corrected chi connectivity index (χ0v) is 18.6. The number of nitrogens with one attached hydrogen (secondary N) is 2. The van der Waals surface area contributed by atoms with Gasteiger partial charge in [0, 0.05) is 25.8 Å². The van der Waals surface area contributed by atoms with E-state index >= 15 is 0 Å². The molecule has 1 atom stereocenters. The number of hydrogen-bond donors (Lipinski definition) is 3. The molecule has 3 N–H and O–H groups in total. The lowest BCUT2D eigenvalue weighted by Crippen LogP contribution is -2.25. The zero-order valence-electron chi connectivity index (χ0n) is 18.6. The summed E-state index contributed by atoms with van der Waals surface area (Å²) in [5, 5.41) is 20.2. The predicted molar refractivity (Wildman–Crippen MR) is 118 cm³/mol. The van der Waals surface area contributed by atoms with Gasteiger partial charge in [-0.3, -0.25) is 4.79 Å². The summed E-state index contributed by atoms with van der Waals surface area (Å²) in [5.74, 6) is 0.100. The minimum Gasteiger partial charge on any atom is -0.368 e. The average molecular weight is 399 g/mol. The monoisotopic (exact) mass is 398 g/mol. The second-order valence-corrected chi connectivity index (χ2v) is 7.93. The SMILES string of the molecule is CCCCCCCCCC(=N)CCCCCCCC(=O)NCCCC(O)OC. The van der Waals surface area contributed by atoms with Gasteiger partial charge in [0.2, 0.25) is 5.91 Å². The van der Waals surface area contributed by atoms with Crippen molar-refractivity contribution in [3.05, 3.63) is 0 Å². The summed E-state index contributed by atoms with van der Waals surface area (Å²) < 4.78 is 4.75. The highest BCUT2D eigenvalue weighted by atomic mass is 16.6. The number of rotatable bonds is 21. The normalized spacial score (nSPS) is 12.1. The van der Waals surface area contributed by atoms with Gasteiger partial charge >= 0.3 is 0 Å². The molecule has 0 aliphatic heterocycles. The highest BCUT2D eigenvalue weighted by Gasteiger charge is 2.04. The van der Waals surface area contributed by atoms with Crippen molar-refractivity contribution < 1.29 is 14.6 Å². The van der Waals surface area contributed by atoms with Crippen LogP contribution in [0.4, 0.5) is 0 Å². The Morgan fingerprint density at radius 2 is 1.36 bits per heavy atom. The molecule has 28 heavy (non-hydrogen) atoms. The molecule has 0 saturated carbocycles. The average Bonchev–Trinajstić information content (AvgIpc) is 2.69. The van der Waals surface area contributed by atoms with Gasteiger partial charge in [-0.1, -0.05) is 64.7 Å². The molecular formula is C23H46N2O3. The largest absolute Gasteiger partial charge is 0.368 e. The molecule has 0 aromatic carbocycles. The fourth-order valence-corrected chi connectivity index (χ4v) is 3.29. The van der Waals surface area contributed by atoms with Crippen molar-refractivity contribution in [1.82, 2.24) is 5.32 Å². The third-order valence-electron chi connectivity index (χ3n) is 5.19. The number of aliphatic hydroxyl groups excluding tert-OH is 1. The summed E-state index contributed by atoms with van der Waals surface area (Å²) in [6, 6.07) is 0.